The molecule has 0 aliphatic carbocycles. The van der Waals surface area contributed by atoms with Crippen molar-refractivity contribution in [3.63, 3.8) is 0 Å². The second kappa shape index (κ2) is 10.6. The Labute approximate surface area is 167 Å². The van der Waals surface area contributed by atoms with Crippen molar-refractivity contribution in [1.29, 1.82) is 0 Å². The highest BCUT2D eigenvalue weighted by atomic mass is 35.5. The van der Waals surface area contributed by atoms with Gasteiger partial charge in [0.1, 0.15) is 11.5 Å². The van der Waals surface area contributed by atoms with Crippen molar-refractivity contribution in [3.05, 3.63) is 58.1 Å². The molecule has 27 heavy (non-hydrogen) atoms. The van der Waals surface area contributed by atoms with Gasteiger partial charge in [-0.25, -0.2) is 0 Å². The van der Waals surface area contributed by atoms with Gasteiger partial charge in [-0.2, -0.15) is 0 Å². The molecule has 0 atom stereocenters. The minimum Gasteiger partial charge on any atom is -0.494 e. The number of halogens is 2. The van der Waals surface area contributed by atoms with Gasteiger partial charge in [-0.3, -0.25) is 20.4 Å². The van der Waals surface area contributed by atoms with Crippen molar-refractivity contribution >= 4 is 35.0 Å². The number of hydrogen-bond donors (Lipinski definition) is 2. The summed E-state index contributed by atoms with van der Waals surface area (Å²) in [6.07, 6.45) is 0.718. The van der Waals surface area contributed by atoms with Crippen LogP contribution >= 0.6 is 23.2 Å². The van der Waals surface area contributed by atoms with E-state index in [4.69, 9.17) is 32.7 Å². The fraction of sp³-hybridized carbons (Fsp3) is 0.263. The van der Waals surface area contributed by atoms with E-state index >= 15 is 0 Å². The third-order valence-corrected chi connectivity index (χ3v) is 4.15. The molecule has 0 unspecified atom stereocenters. The van der Waals surface area contributed by atoms with Crippen LogP contribution in [0.3, 0.4) is 0 Å². The van der Waals surface area contributed by atoms with Crippen LogP contribution < -0.4 is 20.3 Å². The Bertz CT molecular complexity index is 782. The number of nitrogens with one attached hydrogen (secondary N) is 2. The number of carbonyl (C=O) groups is 2. The summed E-state index contributed by atoms with van der Waals surface area (Å²) in [6.45, 7) is 2.05. The maximum Gasteiger partial charge on any atom is 0.276 e. The normalized spacial score (nSPS) is 10.2. The maximum absolute atomic E-state index is 11.7. The zero-order chi connectivity index (χ0) is 19.6. The molecule has 0 aliphatic heterocycles. The smallest absolute Gasteiger partial charge is 0.276 e. The van der Waals surface area contributed by atoms with Gasteiger partial charge in [0.2, 0.25) is 5.91 Å². The van der Waals surface area contributed by atoms with E-state index in [0.717, 1.165) is 5.56 Å². The van der Waals surface area contributed by atoms with Crippen molar-refractivity contribution in [2.45, 2.75) is 19.8 Å². The lowest BCUT2D eigenvalue weighted by Gasteiger charge is -2.10. The largest absolute Gasteiger partial charge is 0.494 e. The number of ether oxygens (including phenoxy) is 2. The van der Waals surface area contributed by atoms with E-state index in [1.54, 1.807) is 36.4 Å². The highest BCUT2D eigenvalue weighted by Gasteiger charge is 2.06. The SMILES string of the molecule is Cc1cc(OCCCC(=O)NNC(=O)COc2ccc(Cl)cc2)ccc1Cl. The van der Waals surface area contributed by atoms with E-state index in [9.17, 15) is 9.59 Å². The summed E-state index contributed by atoms with van der Waals surface area (Å²) in [5.74, 6) is 0.428. The average molecular weight is 411 g/mol. The molecule has 8 heteroatoms. The van der Waals surface area contributed by atoms with Gasteiger partial charge in [-0.15, -0.1) is 0 Å². The summed E-state index contributed by atoms with van der Waals surface area (Å²) < 4.78 is 10.8. The van der Waals surface area contributed by atoms with E-state index in [0.29, 0.717) is 34.6 Å². The summed E-state index contributed by atoms with van der Waals surface area (Å²) in [7, 11) is 0. The molecule has 0 spiro atoms. The molecule has 2 rings (SSSR count). The van der Waals surface area contributed by atoms with E-state index in [1.807, 2.05) is 13.0 Å². The van der Waals surface area contributed by atoms with Gasteiger partial charge in [-0.05, 0) is 61.4 Å². The summed E-state index contributed by atoms with van der Waals surface area (Å²) in [6, 6.07) is 12.0. The van der Waals surface area contributed by atoms with Gasteiger partial charge in [0.25, 0.3) is 5.91 Å². The van der Waals surface area contributed by atoms with Crippen LogP contribution in [0.5, 0.6) is 11.5 Å². The fourth-order valence-electron chi connectivity index (χ4n) is 2.05. The Morgan fingerprint density at radius 2 is 1.59 bits per heavy atom. The number of amides is 2. The molecule has 2 N–H and O–H groups in total. The summed E-state index contributed by atoms with van der Waals surface area (Å²) in [5.41, 5.74) is 5.55. The van der Waals surface area contributed by atoms with Crippen LogP contribution in [0.25, 0.3) is 0 Å². The number of aryl methyl sites for hydroxylation is 1. The van der Waals surface area contributed by atoms with E-state index < -0.39 is 5.91 Å². The highest BCUT2D eigenvalue weighted by Crippen LogP contribution is 2.21. The zero-order valence-corrected chi connectivity index (χ0v) is 16.3. The van der Waals surface area contributed by atoms with Gasteiger partial charge >= 0.3 is 0 Å². The van der Waals surface area contributed by atoms with Crippen LogP contribution in [0, 0.1) is 6.92 Å². The Hall–Kier alpha value is -2.44. The van der Waals surface area contributed by atoms with Crippen LogP contribution in [0.1, 0.15) is 18.4 Å². The van der Waals surface area contributed by atoms with Crippen molar-refractivity contribution in [2.24, 2.45) is 0 Å². The van der Waals surface area contributed by atoms with Gasteiger partial charge in [-0.1, -0.05) is 23.2 Å². The lowest BCUT2D eigenvalue weighted by atomic mass is 10.2. The number of benzene rings is 2. The molecule has 0 heterocycles. The van der Waals surface area contributed by atoms with Crippen molar-refractivity contribution in [2.75, 3.05) is 13.2 Å². The fourth-order valence-corrected chi connectivity index (χ4v) is 2.29. The quantitative estimate of drug-likeness (QED) is 0.513. The molecule has 0 aromatic heterocycles. The van der Waals surface area contributed by atoms with Crippen LogP contribution in [-0.4, -0.2) is 25.0 Å². The Balaban J connectivity index is 1.57. The first-order valence-corrected chi connectivity index (χ1v) is 9.04. The van der Waals surface area contributed by atoms with E-state index in [1.165, 1.54) is 0 Å². The van der Waals surface area contributed by atoms with Gasteiger partial charge in [0.05, 0.1) is 6.61 Å². The predicted octanol–water partition coefficient (Wildman–Crippen LogP) is 3.69. The summed E-state index contributed by atoms with van der Waals surface area (Å²) >= 11 is 11.7. The topological polar surface area (TPSA) is 76.7 Å². The van der Waals surface area contributed by atoms with Crippen LogP contribution in [0.15, 0.2) is 42.5 Å². The molecule has 6 nitrogen and oxygen atoms in total. The molecule has 0 radical (unpaired) electrons. The lowest BCUT2D eigenvalue weighted by molar-refractivity contribution is -0.130. The Morgan fingerprint density at radius 3 is 2.30 bits per heavy atom. The monoisotopic (exact) mass is 410 g/mol. The molecule has 0 saturated heterocycles. The molecule has 144 valence electrons. The lowest BCUT2D eigenvalue weighted by Crippen LogP contribution is -2.43. The van der Waals surface area contributed by atoms with Crippen molar-refractivity contribution in [3.8, 4) is 11.5 Å². The Morgan fingerprint density at radius 1 is 0.926 bits per heavy atom. The average Bonchev–Trinajstić information content (AvgIpc) is 2.66. The number of hydrazine groups is 1. The molecule has 0 aliphatic rings. The molecule has 2 aromatic rings. The van der Waals surface area contributed by atoms with Crippen LogP contribution in [0.4, 0.5) is 0 Å². The molecule has 0 bridgehead atoms. The second-order valence-electron chi connectivity index (χ2n) is 5.70. The second-order valence-corrected chi connectivity index (χ2v) is 6.55. The predicted molar refractivity (Wildman–Crippen MR) is 104 cm³/mol. The zero-order valence-electron chi connectivity index (χ0n) is 14.8. The van der Waals surface area contributed by atoms with Gasteiger partial charge < -0.3 is 9.47 Å². The standard InChI is InChI=1S/C19H20Cl2N2O4/c1-13-11-16(8-9-17(13)21)26-10-2-3-18(24)22-23-19(25)12-27-15-6-4-14(20)5-7-15/h4-9,11H,2-3,10,12H2,1H3,(H,22,24)(H,23,25). The minimum absolute atomic E-state index is 0.213. The van der Waals surface area contributed by atoms with Crippen molar-refractivity contribution in [1.82, 2.24) is 10.9 Å². The number of rotatable bonds is 8. The first-order valence-electron chi connectivity index (χ1n) is 8.29. The van der Waals surface area contributed by atoms with E-state index in [2.05, 4.69) is 10.9 Å². The third-order valence-electron chi connectivity index (χ3n) is 3.47. The number of carbonyl (C=O) groups excluding carboxylic acids is 2. The molecular weight excluding hydrogens is 391 g/mol. The molecule has 2 aromatic carbocycles. The van der Waals surface area contributed by atoms with E-state index in [-0.39, 0.29) is 18.9 Å². The van der Waals surface area contributed by atoms with Gasteiger partial charge in [0, 0.05) is 16.5 Å². The van der Waals surface area contributed by atoms with Crippen molar-refractivity contribution < 1.29 is 19.1 Å². The molecule has 0 fully saturated rings. The Kier molecular flexibility index (Phi) is 8.23. The van der Waals surface area contributed by atoms with Crippen LogP contribution in [-0.2, 0) is 9.59 Å². The molecular formula is C19H20Cl2N2O4. The maximum atomic E-state index is 11.7. The first-order chi connectivity index (χ1) is 12.9. The molecule has 2 amide bonds. The molecule has 0 saturated carbocycles. The van der Waals surface area contributed by atoms with Crippen LogP contribution in [0.2, 0.25) is 10.0 Å². The third kappa shape index (κ3) is 7.76. The highest BCUT2D eigenvalue weighted by molar-refractivity contribution is 6.31. The minimum atomic E-state index is -0.466. The first kappa shape index (κ1) is 20.9. The summed E-state index contributed by atoms with van der Waals surface area (Å²) in [4.78, 5) is 23.4. The number of hydrogen-bond acceptors (Lipinski definition) is 4. The summed E-state index contributed by atoms with van der Waals surface area (Å²) in [5, 5.41) is 1.26. The van der Waals surface area contributed by atoms with Gasteiger partial charge in [0.15, 0.2) is 6.61 Å².